The zero-order valence-corrected chi connectivity index (χ0v) is 21.0. The van der Waals surface area contributed by atoms with Crippen molar-refractivity contribution in [1.82, 2.24) is 14.5 Å². The lowest BCUT2D eigenvalue weighted by Crippen LogP contribution is -1.94. The minimum Gasteiger partial charge on any atom is -0.309 e. The van der Waals surface area contributed by atoms with Crippen LogP contribution in [0.5, 0.6) is 0 Å². The Bertz CT molecular complexity index is 2400. The molecule has 0 aliphatic heterocycles. The Balaban J connectivity index is 1.54. The summed E-state index contributed by atoms with van der Waals surface area (Å²) in [6, 6.07) is 37.4. The highest BCUT2D eigenvalue weighted by atomic mass is 32.1. The summed E-state index contributed by atoms with van der Waals surface area (Å²) in [6.45, 7) is 0. The van der Waals surface area contributed by atoms with E-state index in [1.54, 1.807) is 0 Å². The second kappa shape index (κ2) is 7.37. The second-order valence-corrected chi connectivity index (χ2v) is 10.9. The fraction of sp³-hybridized carbons (Fsp3) is 0. The molecule has 4 heteroatoms. The van der Waals surface area contributed by atoms with E-state index in [2.05, 4.69) is 108 Å². The number of hydrogen-bond acceptors (Lipinski definition) is 3. The van der Waals surface area contributed by atoms with Gasteiger partial charge in [-0.15, -0.1) is 11.3 Å². The lowest BCUT2D eigenvalue weighted by Gasteiger charge is -2.12. The van der Waals surface area contributed by atoms with Crippen LogP contribution in [0.2, 0.25) is 0 Å². The Morgan fingerprint density at radius 3 is 1.92 bits per heavy atom. The highest BCUT2D eigenvalue weighted by molar-refractivity contribution is 7.25. The van der Waals surface area contributed by atoms with E-state index in [9.17, 15) is 0 Å². The molecule has 0 atom stereocenters. The molecule has 9 aromatic rings. The summed E-state index contributed by atoms with van der Waals surface area (Å²) in [6.07, 6.45) is 3.62. The van der Waals surface area contributed by atoms with Crippen molar-refractivity contribution in [2.45, 2.75) is 0 Å². The molecule has 0 fully saturated rings. The highest BCUT2D eigenvalue weighted by Gasteiger charge is 2.18. The Kier molecular flexibility index (Phi) is 3.93. The van der Waals surface area contributed by atoms with Crippen LogP contribution in [0.4, 0.5) is 0 Å². The van der Waals surface area contributed by atoms with Crippen molar-refractivity contribution in [3.05, 3.63) is 116 Å². The molecule has 0 bridgehead atoms. The van der Waals surface area contributed by atoms with E-state index >= 15 is 0 Å². The monoisotopic (exact) mass is 501 g/mol. The summed E-state index contributed by atoms with van der Waals surface area (Å²) in [4.78, 5) is 9.74. The van der Waals surface area contributed by atoms with E-state index in [-0.39, 0.29) is 0 Å². The molecular formula is C34H19N3S. The molecule has 3 nitrogen and oxygen atoms in total. The first-order valence-corrected chi connectivity index (χ1v) is 13.6. The molecule has 0 aliphatic rings. The van der Waals surface area contributed by atoms with Gasteiger partial charge >= 0.3 is 0 Å². The molecule has 0 spiro atoms. The van der Waals surface area contributed by atoms with Gasteiger partial charge in [0.1, 0.15) is 0 Å². The Labute approximate surface area is 221 Å². The molecule has 3 heterocycles. The lowest BCUT2D eigenvalue weighted by atomic mass is 9.96. The quantitative estimate of drug-likeness (QED) is 0.210. The van der Waals surface area contributed by atoms with Crippen molar-refractivity contribution in [1.29, 1.82) is 0 Å². The average Bonchev–Trinajstić information content (AvgIpc) is 3.51. The predicted molar refractivity (Wildman–Crippen MR) is 162 cm³/mol. The smallest absolute Gasteiger partial charge is 0.0972 e. The molecule has 176 valence electrons. The largest absolute Gasteiger partial charge is 0.309 e. The molecule has 0 saturated heterocycles. The fourth-order valence-corrected chi connectivity index (χ4v) is 7.34. The number of rotatable bonds is 1. The molecule has 0 N–H and O–H groups in total. The molecule has 38 heavy (non-hydrogen) atoms. The van der Waals surface area contributed by atoms with Crippen molar-refractivity contribution >= 4 is 85.9 Å². The van der Waals surface area contributed by atoms with Crippen LogP contribution in [0, 0.1) is 0 Å². The van der Waals surface area contributed by atoms with Crippen LogP contribution in [0.3, 0.4) is 0 Å². The number of thiophene rings is 1. The minimum absolute atomic E-state index is 0.947. The van der Waals surface area contributed by atoms with Gasteiger partial charge in [0.2, 0.25) is 0 Å². The zero-order chi connectivity index (χ0) is 24.8. The number of aromatic nitrogens is 3. The predicted octanol–water partition coefficient (Wildman–Crippen LogP) is 9.40. The van der Waals surface area contributed by atoms with Gasteiger partial charge in [-0.25, -0.2) is 0 Å². The van der Waals surface area contributed by atoms with Crippen LogP contribution in [0.1, 0.15) is 0 Å². The Morgan fingerprint density at radius 2 is 1.11 bits per heavy atom. The van der Waals surface area contributed by atoms with Gasteiger partial charge in [-0.05, 0) is 59.3 Å². The van der Waals surface area contributed by atoms with Crippen LogP contribution in [0.15, 0.2) is 116 Å². The molecule has 0 amide bonds. The van der Waals surface area contributed by atoms with E-state index in [1.807, 2.05) is 23.7 Å². The van der Waals surface area contributed by atoms with E-state index in [0.29, 0.717) is 0 Å². The van der Waals surface area contributed by atoms with Gasteiger partial charge in [-0.1, -0.05) is 54.6 Å². The number of hydrogen-bond donors (Lipinski definition) is 0. The third kappa shape index (κ3) is 2.62. The maximum atomic E-state index is 4.88. The third-order valence-corrected chi connectivity index (χ3v) is 8.98. The van der Waals surface area contributed by atoms with Crippen LogP contribution in [-0.2, 0) is 0 Å². The number of benzene rings is 6. The van der Waals surface area contributed by atoms with Gasteiger partial charge < -0.3 is 4.57 Å². The molecule has 9 rings (SSSR count). The molecule has 3 aromatic heterocycles. The van der Waals surface area contributed by atoms with Crippen molar-refractivity contribution < 1.29 is 0 Å². The first kappa shape index (κ1) is 20.3. The molecule has 0 unspecified atom stereocenters. The molecular weight excluding hydrogens is 482 g/mol. The van der Waals surface area contributed by atoms with Crippen molar-refractivity contribution in [3.63, 3.8) is 0 Å². The molecule has 6 aromatic carbocycles. The summed E-state index contributed by atoms with van der Waals surface area (Å²) in [5.41, 5.74) is 5.44. The summed E-state index contributed by atoms with van der Waals surface area (Å²) in [5.74, 6) is 0. The van der Waals surface area contributed by atoms with Crippen molar-refractivity contribution in [2.24, 2.45) is 0 Å². The summed E-state index contributed by atoms with van der Waals surface area (Å²) >= 11 is 1.84. The lowest BCUT2D eigenvalue weighted by molar-refractivity contribution is 1.18. The summed E-state index contributed by atoms with van der Waals surface area (Å²) in [5, 5.41) is 9.84. The zero-order valence-electron chi connectivity index (χ0n) is 20.2. The Morgan fingerprint density at radius 1 is 0.447 bits per heavy atom. The molecule has 0 radical (unpaired) electrons. The SMILES string of the molecule is c1ccc(-n2c3ccccc3c3cc4c5cc6c(cc5c5nccnc5c4cc32)sc2ccccc26)cc1. The Hall–Kier alpha value is -4.80. The maximum absolute atomic E-state index is 4.88. The average molecular weight is 502 g/mol. The van der Waals surface area contributed by atoms with Gasteiger partial charge in [-0.3, -0.25) is 9.97 Å². The third-order valence-electron chi connectivity index (χ3n) is 7.84. The van der Waals surface area contributed by atoms with E-state index < -0.39 is 0 Å². The first-order valence-electron chi connectivity index (χ1n) is 12.8. The van der Waals surface area contributed by atoms with Crippen LogP contribution >= 0.6 is 11.3 Å². The number of fused-ring (bicyclic) bond motifs is 12. The second-order valence-electron chi connectivity index (χ2n) is 9.85. The van der Waals surface area contributed by atoms with Gasteiger partial charge in [0.15, 0.2) is 0 Å². The van der Waals surface area contributed by atoms with E-state index in [1.165, 1.54) is 52.8 Å². The number of nitrogens with zero attached hydrogens (tertiary/aromatic N) is 3. The van der Waals surface area contributed by atoms with Crippen LogP contribution < -0.4 is 0 Å². The van der Waals surface area contributed by atoms with Gasteiger partial charge in [0.05, 0.1) is 22.1 Å². The maximum Gasteiger partial charge on any atom is 0.0972 e. The minimum atomic E-state index is 0.947. The van der Waals surface area contributed by atoms with Gasteiger partial charge in [-0.2, -0.15) is 0 Å². The van der Waals surface area contributed by atoms with Gasteiger partial charge in [0.25, 0.3) is 0 Å². The summed E-state index contributed by atoms with van der Waals surface area (Å²) in [7, 11) is 0. The van der Waals surface area contributed by atoms with Crippen LogP contribution in [0.25, 0.3) is 80.2 Å². The first-order chi connectivity index (χ1) is 18.8. The summed E-state index contributed by atoms with van der Waals surface area (Å²) < 4.78 is 4.96. The molecule has 0 aliphatic carbocycles. The topological polar surface area (TPSA) is 30.7 Å². The normalized spacial score (nSPS) is 12.2. The van der Waals surface area contributed by atoms with Gasteiger partial charge in [0, 0.05) is 59.8 Å². The van der Waals surface area contributed by atoms with E-state index in [0.717, 1.165) is 27.5 Å². The molecule has 0 saturated carbocycles. The van der Waals surface area contributed by atoms with Crippen molar-refractivity contribution in [3.8, 4) is 5.69 Å². The van der Waals surface area contributed by atoms with Crippen LogP contribution in [-0.4, -0.2) is 14.5 Å². The number of para-hydroxylation sites is 2. The van der Waals surface area contributed by atoms with E-state index in [4.69, 9.17) is 9.97 Å². The van der Waals surface area contributed by atoms with Crippen molar-refractivity contribution in [2.75, 3.05) is 0 Å². The highest BCUT2D eigenvalue weighted by Crippen LogP contribution is 2.43. The fourth-order valence-electron chi connectivity index (χ4n) is 6.21. The standard InChI is InChI=1S/C34H19N3S/c1-2-8-20(9-3-1)37-29-12-6-4-10-21(29)25-16-23-24-17-26-22-11-5-7-13-31(22)38-32(26)19-28(24)34-33(35-14-15-36-34)27(23)18-30(25)37/h1-19H.